The van der Waals surface area contributed by atoms with Crippen LogP contribution in [-0.4, -0.2) is 190 Å². The van der Waals surface area contributed by atoms with Gasteiger partial charge in [-0.15, -0.1) is 12.4 Å². The fourth-order valence-corrected chi connectivity index (χ4v) is 14.6. The van der Waals surface area contributed by atoms with Crippen LogP contribution in [0, 0.1) is 44.4 Å². The highest BCUT2D eigenvalue weighted by molar-refractivity contribution is 6.32. The molecule has 28 heteroatoms. The first kappa shape index (κ1) is 83.3. The van der Waals surface area contributed by atoms with Gasteiger partial charge in [0, 0.05) is 121 Å². The number of carbonyl (C=O) groups is 12. The Labute approximate surface area is 607 Å². The summed E-state index contributed by atoms with van der Waals surface area (Å²) in [6.45, 7) is 32.9. The minimum Gasteiger partial charge on any atom is -0.481 e. The summed E-state index contributed by atoms with van der Waals surface area (Å²) >= 11 is 18.7. The lowest BCUT2D eigenvalue weighted by atomic mass is 9.87. The molecule has 10 rings (SSSR count). The number of piperazine rings is 3. The van der Waals surface area contributed by atoms with Crippen LogP contribution < -0.4 is 41.3 Å². The average Bonchev–Trinajstić information content (AvgIpc) is 1.78. The molecule has 7 N–H and O–H groups in total. The maximum atomic E-state index is 13.0. The van der Waals surface area contributed by atoms with Crippen molar-refractivity contribution in [2.45, 2.75) is 189 Å². The number of anilines is 3. The molecule has 7 aliphatic heterocycles. The lowest BCUT2D eigenvalue weighted by Gasteiger charge is -2.43. The lowest BCUT2D eigenvalue weighted by Crippen LogP contribution is -2.56. The van der Waals surface area contributed by atoms with Crippen LogP contribution in [0.4, 0.5) is 17.1 Å². The molecular weight excluding hydrogens is 1370 g/mol. The summed E-state index contributed by atoms with van der Waals surface area (Å²) in [6, 6.07) is 18.8. The Hall–Kier alpha value is -7.38. The first-order valence-electron chi connectivity index (χ1n) is 33.8. The van der Waals surface area contributed by atoms with Gasteiger partial charge < -0.3 is 61.3 Å². The van der Waals surface area contributed by atoms with E-state index in [1.54, 1.807) is 27.7 Å². The summed E-state index contributed by atoms with van der Waals surface area (Å²) in [6.07, 6.45) is 0.501. The zero-order chi connectivity index (χ0) is 74.0. The number of amides is 6. The van der Waals surface area contributed by atoms with E-state index in [1.165, 1.54) is 25.1 Å². The second-order valence-electron chi connectivity index (χ2n) is 28.6. The van der Waals surface area contributed by atoms with Crippen LogP contribution in [-0.2, 0) is 57.5 Å². The zero-order valence-corrected chi connectivity index (χ0v) is 62.9. The monoisotopic (exact) mass is 1470 g/mol. The van der Waals surface area contributed by atoms with Crippen LogP contribution >= 0.6 is 47.2 Å². The number of hydrogen-bond acceptors (Lipinski definition) is 16. The Balaban J connectivity index is 0.000000234. The number of carbonyl (C=O) groups excluding carboxylic acids is 10. The van der Waals surface area contributed by atoms with Crippen LogP contribution in [0.2, 0.25) is 15.1 Å². The molecule has 24 nitrogen and oxygen atoms in total. The third kappa shape index (κ3) is 20.7. The van der Waals surface area contributed by atoms with Crippen LogP contribution in [0.1, 0.15) is 144 Å². The Morgan fingerprint density at radius 3 is 0.960 bits per heavy atom. The molecule has 6 amide bonds. The number of carboxylic acids is 2. The topological polar surface area (TPSA) is 322 Å². The van der Waals surface area contributed by atoms with Gasteiger partial charge in [-0.1, -0.05) is 80.7 Å². The number of nitrogens with one attached hydrogen (secondary N) is 5. The van der Waals surface area contributed by atoms with Crippen molar-refractivity contribution in [2.75, 3.05) is 73.6 Å². The maximum absolute atomic E-state index is 13.0. The van der Waals surface area contributed by atoms with Crippen molar-refractivity contribution in [3.8, 4) is 0 Å². The van der Waals surface area contributed by atoms with Crippen molar-refractivity contribution < 1.29 is 67.7 Å². The summed E-state index contributed by atoms with van der Waals surface area (Å²) in [4.78, 5) is 150. The van der Waals surface area contributed by atoms with Gasteiger partial charge in [-0.25, -0.2) is 0 Å². The summed E-state index contributed by atoms with van der Waals surface area (Å²) in [7, 11) is 0. The molecule has 0 saturated carbocycles. The van der Waals surface area contributed by atoms with Gasteiger partial charge in [0.1, 0.15) is 0 Å². The average molecular weight is 1470 g/mol. The molecule has 0 bridgehead atoms. The van der Waals surface area contributed by atoms with Gasteiger partial charge in [0.25, 0.3) is 0 Å². The molecule has 3 aromatic carbocycles. The lowest BCUT2D eigenvalue weighted by molar-refractivity contribution is -0.143. The molecule has 0 radical (unpaired) electrons. The maximum Gasteiger partial charge on any atom is 0.306 e. The Kier molecular flexibility index (Phi) is 29.1. The minimum absolute atomic E-state index is 0. The normalized spacial score (nSPS) is 26.1. The van der Waals surface area contributed by atoms with Gasteiger partial charge in [0.05, 0.1) is 59.7 Å². The van der Waals surface area contributed by atoms with Crippen LogP contribution in [0.15, 0.2) is 54.6 Å². The van der Waals surface area contributed by atoms with E-state index in [1.807, 2.05) is 73.9 Å². The highest BCUT2D eigenvalue weighted by Crippen LogP contribution is 2.35. The van der Waals surface area contributed by atoms with E-state index in [2.05, 4.69) is 87.2 Å². The molecule has 7 aliphatic rings. The van der Waals surface area contributed by atoms with Gasteiger partial charge in [-0.3, -0.25) is 57.5 Å². The van der Waals surface area contributed by atoms with E-state index in [0.29, 0.717) is 45.1 Å². The van der Waals surface area contributed by atoms with Crippen molar-refractivity contribution in [2.24, 2.45) is 23.7 Å². The fourth-order valence-electron chi connectivity index (χ4n) is 14.1. The van der Waals surface area contributed by atoms with Gasteiger partial charge in [-0.05, 0) is 148 Å². The summed E-state index contributed by atoms with van der Waals surface area (Å²) in [5.41, 5.74) is 2.92. The minimum atomic E-state index is -0.991. The van der Waals surface area contributed by atoms with E-state index in [-0.39, 0.29) is 133 Å². The number of benzene rings is 3. The van der Waals surface area contributed by atoms with Crippen LogP contribution in [0.3, 0.4) is 0 Å². The molecule has 0 unspecified atom stereocenters. The smallest absolute Gasteiger partial charge is 0.306 e. The van der Waals surface area contributed by atoms with Crippen molar-refractivity contribution in [1.29, 1.82) is 0 Å². The molecule has 7 heterocycles. The molecule has 0 aliphatic carbocycles. The SMILES string of the molecule is C[C@@H](C[C@@]1(C)NC(=O)CC1=O)C(=O)O.C[C@H](C[C@]1(C)NC(=O)CC1=O)C(=O)O.Cc1c(Cl)cccc1N1CCN(C(=O)[C@@H](C)C[C@@]2(C)NC(=O)CC2=O)C[C@@H]1C.Cc1c(Cl)cccc1N1CCN(C(=O)[C@H](C)C[C@]2(C)NC(=O)CC2=O)C[C@@H]1C.Cc1c(Cl)cccc1N1CCNC[C@@H]1C.Cl. The quantitative estimate of drug-likeness (QED) is 0.0711. The van der Waals surface area contributed by atoms with Crippen molar-refractivity contribution in [3.63, 3.8) is 0 Å². The molecule has 0 spiro atoms. The van der Waals surface area contributed by atoms with Crippen molar-refractivity contribution >= 4 is 135 Å². The molecule has 7 fully saturated rings. The van der Waals surface area contributed by atoms with Gasteiger partial charge in [0.15, 0.2) is 23.1 Å². The highest BCUT2D eigenvalue weighted by Gasteiger charge is 2.48. The summed E-state index contributed by atoms with van der Waals surface area (Å²) < 4.78 is 0. The number of Topliss-reactive ketones (excluding diaryl/α,β-unsaturated/α-hetero) is 4. The Morgan fingerprint density at radius 1 is 0.450 bits per heavy atom. The van der Waals surface area contributed by atoms with Crippen molar-refractivity contribution in [1.82, 2.24) is 36.4 Å². The number of ketones is 4. The van der Waals surface area contributed by atoms with E-state index in [4.69, 9.17) is 45.0 Å². The van der Waals surface area contributed by atoms with E-state index >= 15 is 0 Å². The van der Waals surface area contributed by atoms with Crippen molar-refractivity contribution in [3.05, 3.63) is 86.4 Å². The second kappa shape index (κ2) is 35.0. The third-order valence-corrected chi connectivity index (χ3v) is 21.2. The fraction of sp³-hybridized carbons (Fsp3) is 0.583. The second-order valence-corrected chi connectivity index (χ2v) is 29.8. The van der Waals surface area contributed by atoms with Crippen LogP contribution in [0.5, 0.6) is 0 Å². The van der Waals surface area contributed by atoms with Gasteiger partial charge in [0.2, 0.25) is 35.4 Å². The van der Waals surface area contributed by atoms with Gasteiger partial charge in [-0.2, -0.15) is 0 Å². The highest BCUT2D eigenvalue weighted by atomic mass is 35.5. The van der Waals surface area contributed by atoms with E-state index in [9.17, 15) is 57.5 Å². The largest absolute Gasteiger partial charge is 0.481 e. The summed E-state index contributed by atoms with van der Waals surface area (Å²) in [5, 5.41) is 33.6. The molecule has 0 aromatic heterocycles. The Morgan fingerprint density at radius 2 is 0.720 bits per heavy atom. The standard InChI is InChI=1S/2C21H28ClN3O3.C12H17ClN2.2C9H13NO4.ClH/c2*1-13(11-21(4)18(26)10-19(27)23-21)20(28)24-8-9-25(14(2)12-24)17-7-5-6-16(22)15(17)3;1-9-8-14-6-7-15(9)12-5-3-4-11(13)10(12)2;2*1-5(8(13)14)4-9(2)6(11)3-7(12)10-9;/h2*5-7,13-14H,8-12H2,1-4H3,(H,23,27);3-5,9,14H,6-8H2,1-2H3;2*5H,3-4H2,1-2H3,(H,10,12)(H,13,14);1H/t13-,14+,21+;13-,14-,21+;9-;2*5-,9+;/m10010./s1. The molecule has 7 saturated heterocycles. The number of hydrogen-bond donors (Lipinski definition) is 7. The number of rotatable bonds is 15. The first-order valence-corrected chi connectivity index (χ1v) is 34.9. The number of carboxylic acid groups (broad SMARTS) is 2. The Bertz CT molecular complexity index is 3410. The predicted molar refractivity (Wildman–Crippen MR) is 387 cm³/mol. The number of aliphatic carboxylic acids is 2. The van der Waals surface area contributed by atoms with Gasteiger partial charge >= 0.3 is 11.9 Å². The third-order valence-electron chi connectivity index (χ3n) is 20.0. The predicted octanol–water partition coefficient (Wildman–Crippen LogP) is 7.88. The van der Waals surface area contributed by atoms with Crippen LogP contribution in [0.25, 0.3) is 0 Å². The molecule has 100 heavy (non-hydrogen) atoms. The molecule has 11 atom stereocenters. The molecular formula is C72H100Cl4N10O14. The zero-order valence-electron chi connectivity index (χ0n) is 59.8. The van der Waals surface area contributed by atoms with E-state index < -0.39 is 45.9 Å². The van der Waals surface area contributed by atoms with E-state index in [0.717, 1.165) is 70.3 Å². The first-order chi connectivity index (χ1) is 46.1. The number of nitrogens with zero attached hydrogens (tertiary/aromatic N) is 5. The number of halogens is 4. The molecule has 550 valence electrons. The summed E-state index contributed by atoms with van der Waals surface area (Å²) in [5.74, 6) is -5.68. The molecule has 3 aromatic rings.